The maximum absolute atomic E-state index is 5.89. The van der Waals surface area contributed by atoms with Crippen LogP contribution < -0.4 is 17.2 Å². The molecule has 0 radical (unpaired) electrons. The van der Waals surface area contributed by atoms with Crippen molar-refractivity contribution in [2.75, 3.05) is 52.7 Å². The van der Waals surface area contributed by atoms with Crippen LogP contribution in [0, 0.1) is 0 Å². The van der Waals surface area contributed by atoms with Crippen molar-refractivity contribution in [3.05, 3.63) is 0 Å². The normalized spacial score (nSPS) is 12.8. The minimum atomic E-state index is 0.195. The van der Waals surface area contributed by atoms with Gasteiger partial charge in [-0.2, -0.15) is 0 Å². The molecule has 0 aliphatic heterocycles. The summed E-state index contributed by atoms with van der Waals surface area (Å²) >= 11 is 0. The molecule has 0 aliphatic carbocycles. The van der Waals surface area contributed by atoms with Crippen LogP contribution in [-0.4, -0.2) is 58.8 Å². The van der Waals surface area contributed by atoms with Crippen molar-refractivity contribution in [3.63, 3.8) is 0 Å². The molecule has 0 heterocycles. The van der Waals surface area contributed by atoms with Crippen LogP contribution in [0.1, 0.15) is 25.7 Å². The highest BCUT2D eigenvalue weighted by Crippen LogP contribution is 1.98. The van der Waals surface area contributed by atoms with E-state index in [1.54, 1.807) is 0 Å². The van der Waals surface area contributed by atoms with Crippen molar-refractivity contribution >= 4 is 0 Å². The predicted molar refractivity (Wildman–Crippen MR) is 77.0 cm³/mol. The molecular formula is C13H31N3O3. The summed E-state index contributed by atoms with van der Waals surface area (Å²) in [5, 5.41) is 0. The van der Waals surface area contributed by atoms with Gasteiger partial charge in [-0.05, 0) is 38.8 Å². The molecule has 19 heavy (non-hydrogen) atoms. The van der Waals surface area contributed by atoms with Crippen LogP contribution in [0.3, 0.4) is 0 Å². The number of hydrogen-bond acceptors (Lipinski definition) is 6. The fourth-order valence-electron chi connectivity index (χ4n) is 1.49. The Balaban J connectivity index is 3.02. The molecule has 0 amide bonds. The van der Waals surface area contributed by atoms with E-state index in [4.69, 9.17) is 31.4 Å². The van der Waals surface area contributed by atoms with Crippen molar-refractivity contribution in [3.8, 4) is 0 Å². The van der Waals surface area contributed by atoms with Gasteiger partial charge in [0, 0.05) is 19.3 Å². The molecule has 116 valence electrons. The first-order valence-corrected chi connectivity index (χ1v) is 7.20. The van der Waals surface area contributed by atoms with Crippen molar-refractivity contribution in [1.82, 2.24) is 0 Å². The number of ether oxygens (including phenoxy) is 3. The van der Waals surface area contributed by atoms with Gasteiger partial charge in [0.15, 0.2) is 0 Å². The van der Waals surface area contributed by atoms with Gasteiger partial charge in [0.05, 0.1) is 26.4 Å². The van der Waals surface area contributed by atoms with Crippen molar-refractivity contribution < 1.29 is 14.2 Å². The molecular weight excluding hydrogens is 246 g/mol. The van der Waals surface area contributed by atoms with Gasteiger partial charge in [-0.1, -0.05) is 0 Å². The molecule has 1 unspecified atom stereocenters. The monoisotopic (exact) mass is 277 g/mol. The summed E-state index contributed by atoms with van der Waals surface area (Å²) in [5.41, 5.74) is 16.6. The lowest BCUT2D eigenvalue weighted by atomic mass is 10.1. The fourth-order valence-corrected chi connectivity index (χ4v) is 1.49. The number of nitrogens with two attached hydrogens (primary N) is 3. The molecule has 6 N–H and O–H groups in total. The minimum Gasteiger partial charge on any atom is -0.379 e. The van der Waals surface area contributed by atoms with Crippen LogP contribution in [0.25, 0.3) is 0 Å². The van der Waals surface area contributed by atoms with Gasteiger partial charge in [0.25, 0.3) is 0 Å². The van der Waals surface area contributed by atoms with E-state index in [2.05, 4.69) is 0 Å². The second-order valence-corrected chi connectivity index (χ2v) is 4.46. The molecule has 0 saturated carbocycles. The van der Waals surface area contributed by atoms with Gasteiger partial charge in [-0.3, -0.25) is 0 Å². The lowest BCUT2D eigenvalue weighted by Gasteiger charge is -2.11. The van der Waals surface area contributed by atoms with E-state index in [9.17, 15) is 0 Å². The predicted octanol–water partition coefficient (Wildman–Crippen LogP) is -0.159. The van der Waals surface area contributed by atoms with E-state index < -0.39 is 0 Å². The largest absolute Gasteiger partial charge is 0.379 e. The maximum Gasteiger partial charge on any atom is 0.0701 e. The highest BCUT2D eigenvalue weighted by molar-refractivity contribution is 4.60. The van der Waals surface area contributed by atoms with Crippen LogP contribution in [0.5, 0.6) is 0 Å². The van der Waals surface area contributed by atoms with Gasteiger partial charge < -0.3 is 31.4 Å². The van der Waals surface area contributed by atoms with E-state index in [1.807, 2.05) is 0 Å². The van der Waals surface area contributed by atoms with E-state index in [1.165, 1.54) is 0 Å². The quantitative estimate of drug-likeness (QED) is 0.359. The second-order valence-electron chi connectivity index (χ2n) is 4.46. The first-order chi connectivity index (χ1) is 9.31. The Morgan fingerprint density at radius 3 is 1.74 bits per heavy atom. The molecule has 0 saturated heterocycles. The highest BCUT2D eigenvalue weighted by Gasteiger charge is 2.01. The van der Waals surface area contributed by atoms with E-state index >= 15 is 0 Å². The molecule has 1 atom stereocenters. The Hall–Kier alpha value is -0.240. The summed E-state index contributed by atoms with van der Waals surface area (Å²) < 4.78 is 16.1. The Bertz CT molecular complexity index is 173. The van der Waals surface area contributed by atoms with Crippen molar-refractivity contribution in [2.45, 2.75) is 31.7 Å². The third kappa shape index (κ3) is 15.7. The summed E-state index contributed by atoms with van der Waals surface area (Å²) in [6.07, 6.45) is 3.72. The molecule has 0 aromatic heterocycles. The summed E-state index contributed by atoms with van der Waals surface area (Å²) in [5.74, 6) is 0. The molecule has 0 rings (SSSR count). The Kier molecular flexibility index (Phi) is 15.6. The van der Waals surface area contributed by atoms with Gasteiger partial charge in [-0.25, -0.2) is 0 Å². The average molecular weight is 277 g/mol. The fraction of sp³-hybridized carbons (Fsp3) is 1.00. The summed E-state index contributed by atoms with van der Waals surface area (Å²) in [6, 6.07) is 0.195. The topological polar surface area (TPSA) is 106 Å². The first-order valence-electron chi connectivity index (χ1n) is 7.20. The zero-order valence-electron chi connectivity index (χ0n) is 12.0. The van der Waals surface area contributed by atoms with E-state index in [-0.39, 0.29) is 6.04 Å². The molecule has 6 heteroatoms. The highest BCUT2D eigenvalue weighted by atomic mass is 16.5. The minimum absolute atomic E-state index is 0.195. The molecule has 0 aromatic carbocycles. The van der Waals surface area contributed by atoms with Crippen molar-refractivity contribution in [2.24, 2.45) is 17.2 Å². The molecule has 6 nitrogen and oxygen atoms in total. The zero-order chi connectivity index (χ0) is 14.2. The third-order valence-corrected chi connectivity index (χ3v) is 2.65. The molecule has 0 fully saturated rings. The smallest absolute Gasteiger partial charge is 0.0701 e. The SMILES string of the molecule is NCCCOCCOCCOCCC(N)CCCN. The number of hydrogen-bond donors (Lipinski definition) is 3. The van der Waals surface area contributed by atoms with Gasteiger partial charge in [-0.15, -0.1) is 0 Å². The van der Waals surface area contributed by atoms with Crippen molar-refractivity contribution in [1.29, 1.82) is 0 Å². The first kappa shape index (κ1) is 18.8. The molecule has 0 bridgehead atoms. The summed E-state index contributed by atoms with van der Waals surface area (Å²) in [4.78, 5) is 0. The summed E-state index contributed by atoms with van der Waals surface area (Å²) in [7, 11) is 0. The zero-order valence-corrected chi connectivity index (χ0v) is 12.0. The lowest BCUT2D eigenvalue weighted by molar-refractivity contribution is 0.0132. The van der Waals surface area contributed by atoms with E-state index in [0.717, 1.165) is 25.7 Å². The van der Waals surface area contributed by atoms with Gasteiger partial charge in [0.1, 0.15) is 0 Å². The van der Waals surface area contributed by atoms with Gasteiger partial charge in [0.2, 0.25) is 0 Å². The van der Waals surface area contributed by atoms with Crippen LogP contribution in [0.4, 0.5) is 0 Å². The van der Waals surface area contributed by atoms with Gasteiger partial charge >= 0.3 is 0 Å². The molecule has 0 aliphatic rings. The average Bonchev–Trinajstić information content (AvgIpc) is 2.42. The van der Waals surface area contributed by atoms with Crippen LogP contribution >= 0.6 is 0 Å². The Labute approximate surface area is 116 Å². The number of rotatable bonds is 15. The Morgan fingerprint density at radius 1 is 0.632 bits per heavy atom. The van der Waals surface area contributed by atoms with Crippen LogP contribution in [-0.2, 0) is 14.2 Å². The second kappa shape index (κ2) is 15.8. The third-order valence-electron chi connectivity index (χ3n) is 2.65. The van der Waals surface area contributed by atoms with Crippen LogP contribution in [0.2, 0.25) is 0 Å². The maximum atomic E-state index is 5.89. The summed E-state index contributed by atoms with van der Waals surface area (Å²) in [6.45, 7) is 5.18. The lowest BCUT2D eigenvalue weighted by Crippen LogP contribution is -2.23. The Morgan fingerprint density at radius 2 is 1.16 bits per heavy atom. The standard InChI is InChI=1S/C13H31N3O3/c14-5-1-3-13(16)4-8-18-10-12-19-11-9-17-7-2-6-15/h13H,1-12,14-16H2. The molecule has 0 aromatic rings. The van der Waals surface area contributed by atoms with E-state index in [0.29, 0.717) is 52.7 Å². The van der Waals surface area contributed by atoms with Crippen LogP contribution in [0.15, 0.2) is 0 Å². The molecule has 0 spiro atoms.